The molecule has 142 valence electrons. The van der Waals surface area contributed by atoms with Crippen molar-refractivity contribution in [3.05, 3.63) is 57.2 Å². The van der Waals surface area contributed by atoms with Gasteiger partial charge in [-0.25, -0.2) is 14.2 Å². The summed E-state index contributed by atoms with van der Waals surface area (Å²) in [6.45, 7) is 1.47. The number of benzene rings is 1. The molecule has 1 aromatic carbocycles. The first-order valence-electron chi connectivity index (χ1n) is 8.48. The van der Waals surface area contributed by atoms with Crippen LogP contribution in [0, 0.1) is 5.82 Å². The number of aryl methyl sites for hydroxylation is 1. The number of ether oxygens (including phenoxy) is 2. The Bertz CT molecular complexity index is 1000. The first-order valence-corrected chi connectivity index (χ1v) is 9.30. The van der Waals surface area contributed by atoms with Gasteiger partial charge in [0.2, 0.25) is 4.96 Å². The Hall–Kier alpha value is -2.81. The molecule has 0 aliphatic rings. The molecule has 0 spiro atoms. The lowest BCUT2D eigenvalue weighted by Gasteiger charge is -2.07. The van der Waals surface area contributed by atoms with Gasteiger partial charge in [-0.1, -0.05) is 36.8 Å². The van der Waals surface area contributed by atoms with Crippen molar-refractivity contribution in [1.82, 2.24) is 14.6 Å². The number of para-hydroxylation sites is 1. The molecule has 3 aromatic rings. The van der Waals surface area contributed by atoms with Crippen LogP contribution < -0.4 is 10.3 Å². The average Bonchev–Trinajstić information content (AvgIpc) is 3.07. The molecule has 0 unspecified atom stereocenters. The summed E-state index contributed by atoms with van der Waals surface area (Å²) in [5.41, 5.74) is -0.00223. The predicted octanol–water partition coefficient (Wildman–Crippen LogP) is 2.75. The van der Waals surface area contributed by atoms with E-state index in [1.165, 1.54) is 40.1 Å². The van der Waals surface area contributed by atoms with Gasteiger partial charge in [0, 0.05) is 12.5 Å². The summed E-state index contributed by atoms with van der Waals surface area (Å²) in [6.07, 6.45) is 2.82. The van der Waals surface area contributed by atoms with Crippen molar-refractivity contribution >= 4 is 22.3 Å². The largest absolute Gasteiger partial charge is 0.479 e. The van der Waals surface area contributed by atoms with Gasteiger partial charge < -0.3 is 9.47 Å². The number of hydrogen-bond acceptors (Lipinski definition) is 7. The highest BCUT2D eigenvalue weighted by Gasteiger charge is 2.12. The zero-order valence-corrected chi connectivity index (χ0v) is 15.5. The highest BCUT2D eigenvalue weighted by molar-refractivity contribution is 7.16. The molecule has 0 N–H and O–H groups in total. The molecule has 27 heavy (non-hydrogen) atoms. The minimum absolute atomic E-state index is 0.0310. The number of carbonyl (C=O) groups excluding carboxylic acids is 1. The maximum atomic E-state index is 13.4. The standard InChI is InChI=1S/C18H18FN3O4S/c1-2-3-8-15-21-22-16(23)9-12(20-18(22)27-15)10-26-17(24)11-25-14-7-5-4-6-13(14)19/h4-7,9H,2-3,8,10-11H2,1H3. The molecule has 0 radical (unpaired) electrons. The predicted molar refractivity (Wildman–Crippen MR) is 97.4 cm³/mol. The molecule has 7 nitrogen and oxygen atoms in total. The Kier molecular flexibility index (Phi) is 6.12. The summed E-state index contributed by atoms with van der Waals surface area (Å²) >= 11 is 1.34. The van der Waals surface area contributed by atoms with Crippen molar-refractivity contribution < 1.29 is 18.7 Å². The molecule has 3 rings (SSSR count). The van der Waals surface area contributed by atoms with Crippen LogP contribution in [0.25, 0.3) is 4.96 Å². The molecule has 2 heterocycles. The first-order chi connectivity index (χ1) is 13.1. The second-order valence-corrected chi connectivity index (χ2v) is 6.80. The third-order valence-electron chi connectivity index (χ3n) is 3.65. The fraction of sp³-hybridized carbons (Fsp3) is 0.333. The van der Waals surface area contributed by atoms with Gasteiger partial charge >= 0.3 is 5.97 Å². The maximum Gasteiger partial charge on any atom is 0.344 e. The lowest BCUT2D eigenvalue weighted by Crippen LogP contribution is -2.18. The summed E-state index contributed by atoms with van der Waals surface area (Å²) in [6, 6.07) is 7.05. The highest BCUT2D eigenvalue weighted by Crippen LogP contribution is 2.16. The van der Waals surface area contributed by atoms with E-state index in [4.69, 9.17) is 9.47 Å². The molecule has 0 aliphatic heterocycles. The van der Waals surface area contributed by atoms with E-state index in [1.54, 1.807) is 6.07 Å². The lowest BCUT2D eigenvalue weighted by atomic mass is 10.3. The van der Waals surface area contributed by atoms with Crippen molar-refractivity contribution in [2.24, 2.45) is 0 Å². The highest BCUT2D eigenvalue weighted by atomic mass is 32.1. The number of halogens is 1. The molecular weight excluding hydrogens is 373 g/mol. The maximum absolute atomic E-state index is 13.4. The monoisotopic (exact) mass is 391 g/mol. The van der Waals surface area contributed by atoms with E-state index in [9.17, 15) is 14.0 Å². The average molecular weight is 391 g/mol. The topological polar surface area (TPSA) is 82.8 Å². The van der Waals surface area contributed by atoms with E-state index in [-0.39, 0.29) is 17.9 Å². The fourth-order valence-electron chi connectivity index (χ4n) is 2.29. The van der Waals surface area contributed by atoms with Crippen LogP contribution in [0.3, 0.4) is 0 Å². The molecule has 0 saturated heterocycles. The van der Waals surface area contributed by atoms with Gasteiger partial charge in [0.15, 0.2) is 18.2 Å². The Labute approximate surface area is 158 Å². The van der Waals surface area contributed by atoms with Crippen molar-refractivity contribution in [2.45, 2.75) is 32.8 Å². The molecule has 0 atom stereocenters. The van der Waals surface area contributed by atoms with Crippen molar-refractivity contribution in [3.63, 3.8) is 0 Å². The minimum Gasteiger partial charge on any atom is -0.479 e. The molecule has 0 bridgehead atoms. The summed E-state index contributed by atoms with van der Waals surface area (Å²) in [4.78, 5) is 28.7. The van der Waals surface area contributed by atoms with Crippen molar-refractivity contribution in [2.75, 3.05) is 6.61 Å². The van der Waals surface area contributed by atoms with Crippen LogP contribution in [0.1, 0.15) is 30.5 Å². The number of rotatable bonds is 8. The quantitative estimate of drug-likeness (QED) is 0.549. The van der Waals surface area contributed by atoms with E-state index >= 15 is 0 Å². The third kappa shape index (κ3) is 4.88. The molecule has 2 aromatic heterocycles. The van der Waals surface area contributed by atoms with Crippen LogP contribution in [-0.4, -0.2) is 27.2 Å². The molecule has 0 amide bonds. The summed E-state index contributed by atoms with van der Waals surface area (Å²) < 4.78 is 24.8. The normalized spacial score (nSPS) is 10.9. The van der Waals surface area contributed by atoms with E-state index in [0.717, 1.165) is 24.3 Å². The smallest absolute Gasteiger partial charge is 0.344 e. The van der Waals surface area contributed by atoms with Gasteiger partial charge in [-0.2, -0.15) is 9.61 Å². The fourth-order valence-corrected chi connectivity index (χ4v) is 3.25. The van der Waals surface area contributed by atoms with Crippen molar-refractivity contribution in [1.29, 1.82) is 0 Å². The number of unbranched alkanes of at least 4 members (excludes halogenated alkanes) is 1. The zero-order chi connectivity index (χ0) is 19.2. The Morgan fingerprint density at radius 3 is 2.93 bits per heavy atom. The van der Waals surface area contributed by atoms with Crippen LogP contribution in [0.15, 0.2) is 35.1 Å². The number of nitrogens with zero attached hydrogens (tertiary/aromatic N) is 3. The van der Waals surface area contributed by atoms with Gasteiger partial charge in [0.05, 0.1) is 5.69 Å². The Morgan fingerprint density at radius 2 is 2.15 bits per heavy atom. The number of carbonyl (C=O) groups is 1. The molecule has 0 aliphatic carbocycles. The molecule has 0 fully saturated rings. The summed E-state index contributed by atoms with van der Waals surface area (Å²) in [7, 11) is 0. The Morgan fingerprint density at radius 1 is 1.33 bits per heavy atom. The SMILES string of the molecule is CCCCc1nn2c(=O)cc(COC(=O)COc3ccccc3F)nc2s1. The number of esters is 1. The van der Waals surface area contributed by atoms with Gasteiger partial charge in [-0.05, 0) is 18.6 Å². The van der Waals surface area contributed by atoms with Crippen LogP contribution in [0.4, 0.5) is 4.39 Å². The van der Waals surface area contributed by atoms with Gasteiger partial charge in [0.25, 0.3) is 5.56 Å². The van der Waals surface area contributed by atoms with Gasteiger partial charge in [0.1, 0.15) is 11.6 Å². The van der Waals surface area contributed by atoms with E-state index < -0.39 is 18.4 Å². The lowest BCUT2D eigenvalue weighted by molar-refractivity contribution is -0.147. The van der Waals surface area contributed by atoms with E-state index in [2.05, 4.69) is 17.0 Å². The van der Waals surface area contributed by atoms with Crippen LogP contribution in [0.5, 0.6) is 5.75 Å². The first kappa shape index (κ1) is 19.0. The van der Waals surface area contributed by atoms with Crippen LogP contribution in [0.2, 0.25) is 0 Å². The van der Waals surface area contributed by atoms with Gasteiger partial charge in [-0.3, -0.25) is 4.79 Å². The van der Waals surface area contributed by atoms with Crippen molar-refractivity contribution in [3.8, 4) is 5.75 Å². The second kappa shape index (κ2) is 8.72. The van der Waals surface area contributed by atoms with Gasteiger partial charge in [-0.15, -0.1) is 0 Å². The minimum atomic E-state index is -0.687. The second-order valence-electron chi connectivity index (χ2n) is 5.76. The zero-order valence-electron chi connectivity index (χ0n) is 14.7. The molecule has 0 saturated carbocycles. The Balaban J connectivity index is 1.60. The molecule has 9 heteroatoms. The number of aromatic nitrogens is 3. The molecular formula is C18H18FN3O4S. The van der Waals surface area contributed by atoms with E-state index in [1.807, 2.05) is 0 Å². The number of hydrogen-bond donors (Lipinski definition) is 0. The van der Waals surface area contributed by atoms with Crippen LogP contribution in [-0.2, 0) is 22.6 Å². The third-order valence-corrected chi connectivity index (χ3v) is 4.62. The van der Waals surface area contributed by atoms with Crippen LogP contribution >= 0.6 is 11.3 Å². The summed E-state index contributed by atoms with van der Waals surface area (Å²) in [5, 5.41) is 5.10. The van der Waals surface area contributed by atoms with E-state index in [0.29, 0.717) is 10.7 Å². The number of fused-ring (bicyclic) bond motifs is 1. The summed E-state index contributed by atoms with van der Waals surface area (Å²) in [5.74, 6) is -1.28.